The first-order chi connectivity index (χ1) is 32.1. The highest BCUT2D eigenvalue weighted by Gasteiger charge is 2.25. The molecule has 6 N–H and O–H groups in total. The molecular formula is C47H59N13O5S2. The molecule has 2 aromatic carbocycles. The van der Waals surface area contributed by atoms with Crippen LogP contribution in [0.1, 0.15) is 91.4 Å². The number of aromatic nitrogens is 7. The van der Waals surface area contributed by atoms with Crippen molar-refractivity contribution < 1.29 is 23.9 Å². The molecule has 1 saturated heterocycles. The number of ether oxygens (including phenoxy) is 1. The first kappa shape index (κ1) is 48.4. The highest BCUT2D eigenvalue weighted by molar-refractivity contribution is 7.98. The number of allylic oxidation sites excluding steroid dienone is 3. The number of carbonyl (C=O) groups excluding carboxylic acids is 4. The summed E-state index contributed by atoms with van der Waals surface area (Å²) in [4.78, 5) is 72.9. The largest absolute Gasteiger partial charge is 0.491 e. The van der Waals surface area contributed by atoms with Gasteiger partial charge < -0.3 is 30.2 Å². The highest BCUT2D eigenvalue weighted by atomic mass is 32.2. The highest BCUT2D eigenvalue weighted by Crippen LogP contribution is 2.34. The number of nitrogens with two attached hydrogens (primary N) is 2. The lowest BCUT2D eigenvalue weighted by atomic mass is 10.1. The van der Waals surface area contributed by atoms with Gasteiger partial charge in [-0.1, -0.05) is 39.5 Å². The van der Waals surface area contributed by atoms with Gasteiger partial charge in [0, 0.05) is 74.1 Å². The number of hydrogen-bond donors (Lipinski definition) is 4. The number of imidazole rings is 2. The van der Waals surface area contributed by atoms with Gasteiger partial charge >= 0.3 is 0 Å². The smallest absolute Gasteiger partial charge is 0.276 e. The van der Waals surface area contributed by atoms with Crippen molar-refractivity contribution in [1.29, 1.82) is 0 Å². The number of thioether (sulfide) groups is 1. The molecule has 0 spiro atoms. The Morgan fingerprint density at radius 2 is 1.48 bits per heavy atom. The van der Waals surface area contributed by atoms with E-state index in [1.54, 1.807) is 35.0 Å². The van der Waals surface area contributed by atoms with Crippen molar-refractivity contribution in [2.24, 2.45) is 17.4 Å². The van der Waals surface area contributed by atoms with E-state index in [9.17, 15) is 19.2 Å². The number of piperazine rings is 1. The van der Waals surface area contributed by atoms with Crippen molar-refractivity contribution >= 4 is 80.7 Å². The molecular weight excluding hydrogens is 891 g/mol. The Morgan fingerprint density at radius 3 is 2.07 bits per heavy atom. The van der Waals surface area contributed by atoms with Crippen molar-refractivity contribution in [3.05, 3.63) is 92.9 Å². The number of hydrogen-bond acceptors (Lipinski definition) is 13. The first-order valence-electron chi connectivity index (χ1n) is 22.4. The van der Waals surface area contributed by atoms with Crippen molar-refractivity contribution in [2.45, 2.75) is 78.9 Å². The van der Waals surface area contributed by atoms with Crippen molar-refractivity contribution in [3.63, 3.8) is 0 Å². The van der Waals surface area contributed by atoms with E-state index >= 15 is 0 Å². The van der Waals surface area contributed by atoms with Gasteiger partial charge in [0.2, 0.25) is 23.7 Å². The second kappa shape index (κ2) is 21.0. The van der Waals surface area contributed by atoms with Crippen LogP contribution in [0.5, 0.6) is 5.75 Å². The van der Waals surface area contributed by atoms with Crippen LogP contribution in [0.2, 0.25) is 0 Å². The minimum absolute atomic E-state index is 0.206. The Kier molecular flexibility index (Phi) is 15.2. The summed E-state index contributed by atoms with van der Waals surface area (Å²) in [5.74, 6) is -0.697. The van der Waals surface area contributed by atoms with E-state index in [1.807, 2.05) is 55.2 Å². The molecule has 67 heavy (non-hydrogen) atoms. The summed E-state index contributed by atoms with van der Waals surface area (Å²) in [5, 5.41) is 11.2. The number of thiazole rings is 1. The van der Waals surface area contributed by atoms with Gasteiger partial charge in [-0.05, 0) is 76.1 Å². The Morgan fingerprint density at radius 1 is 0.866 bits per heavy atom. The summed E-state index contributed by atoms with van der Waals surface area (Å²) in [7, 11) is 0. The van der Waals surface area contributed by atoms with Gasteiger partial charge in [-0.3, -0.25) is 39.4 Å². The number of amides is 4. The van der Waals surface area contributed by atoms with Crippen LogP contribution >= 0.6 is 23.1 Å². The number of primary amides is 2. The first-order valence-corrected chi connectivity index (χ1v) is 24.4. The topological polar surface area (TPSA) is 226 Å². The van der Waals surface area contributed by atoms with Gasteiger partial charge in [-0.2, -0.15) is 5.10 Å². The number of nitrogens with zero attached hydrogens (tertiary/aromatic N) is 9. The standard InChI is InChI=1S/C47H59N13O5S2/c1-9-33-41(67-30(7)50-33)45(64)54-47-51-34-23-31(42(48)61)25-37(65-21-13-14-56-17-19-57(20-18-56)29(6)27(3)4)39(34)58(47)15-11-12-16-59-40-35(24-32(43(49)62)26-38(40)66-8)52-46(59)53-44(63)36-22-28(5)55-60(36)10-2/h11-12,22-27H,6,9-10,13-21H2,1-5,7-8H3,(H2,48,61)(H2,49,62)(H,51,54,64)(H,52,53,63)/b12-11+. The van der Waals surface area contributed by atoms with E-state index in [0.717, 1.165) is 54.7 Å². The van der Waals surface area contributed by atoms with Gasteiger partial charge in [-0.15, -0.1) is 23.1 Å². The summed E-state index contributed by atoms with van der Waals surface area (Å²) in [6, 6.07) is 8.27. The van der Waals surface area contributed by atoms with Crippen LogP contribution in [0, 0.1) is 19.8 Å². The Balaban J connectivity index is 1.21. The van der Waals surface area contributed by atoms with Gasteiger partial charge in [0.25, 0.3) is 11.8 Å². The normalized spacial score (nSPS) is 13.3. The average Bonchev–Trinajstić information content (AvgIpc) is 4.07. The molecule has 1 fully saturated rings. The molecule has 0 bridgehead atoms. The minimum atomic E-state index is -0.641. The maximum Gasteiger partial charge on any atom is 0.276 e. The van der Waals surface area contributed by atoms with Gasteiger partial charge in [0.15, 0.2) is 0 Å². The van der Waals surface area contributed by atoms with Gasteiger partial charge in [0.1, 0.15) is 21.8 Å². The zero-order valence-corrected chi connectivity index (χ0v) is 40.8. The fraction of sp³-hybridized carbons (Fsp3) is 0.404. The lowest BCUT2D eigenvalue weighted by Gasteiger charge is -2.38. The molecule has 0 aliphatic carbocycles. The number of nitrogens with one attached hydrogen (secondary N) is 2. The molecule has 4 amide bonds. The lowest BCUT2D eigenvalue weighted by Crippen LogP contribution is -2.46. The quantitative estimate of drug-likeness (QED) is 0.0367. The second-order valence-electron chi connectivity index (χ2n) is 16.6. The molecule has 0 atom stereocenters. The maximum atomic E-state index is 13.9. The SMILES string of the molecule is C=C(C(C)C)N1CCN(CCCOc2cc(C(N)=O)cc3nc(NC(=O)c4sc(C)nc4CC)n(C/C=C/Cn4c(NC(=O)c5cc(C)nn5CC)nc5cc(C(N)=O)cc(SC)c54)c23)CC1. The molecule has 1 aliphatic rings. The van der Waals surface area contributed by atoms with Crippen LogP contribution in [0.25, 0.3) is 22.1 Å². The molecule has 18 nitrogen and oxygen atoms in total. The number of carbonyl (C=O) groups is 4. The minimum Gasteiger partial charge on any atom is -0.491 e. The van der Waals surface area contributed by atoms with E-state index in [2.05, 4.69) is 50.9 Å². The molecule has 354 valence electrons. The number of fused-ring (bicyclic) bond motifs is 2. The molecule has 0 radical (unpaired) electrons. The van der Waals surface area contributed by atoms with Crippen LogP contribution in [0.15, 0.2) is 59.7 Å². The predicted molar refractivity (Wildman–Crippen MR) is 264 cm³/mol. The van der Waals surface area contributed by atoms with Crippen LogP contribution in [-0.2, 0) is 26.1 Å². The second-order valence-corrected chi connectivity index (χ2v) is 18.7. The lowest BCUT2D eigenvalue weighted by molar-refractivity contribution is 0.0991. The number of rotatable bonds is 20. The third kappa shape index (κ3) is 10.7. The summed E-state index contributed by atoms with van der Waals surface area (Å²) >= 11 is 2.73. The van der Waals surface area contributed by atoms with E-state index in [1.165, 1.54) is 23.1 Å². The van der Waals surface area contributed by atoms with E-state index in [-0.39, 0.29) is 36.5 Å². The molecule has 0 unspecified atom stereocenters. The fourth-order valence-electron chi connectivity index (χ4n) is 8.19. The Bertz CT molecular complexity index is 2880. The Labute approximate surface area is 397 Å². The zero-order chi connectivity index (χ0) is 48.1. The van der Waals surface area contributed by atoms with Gasteiger partial charge in [-0.25, -0.2) is 15.0 Å². The summed E-state index contributed by atoms with van der Waals surface area (Å²) < 4.78 is 11.8. The molecule has 4 aromatic heterocycles. The number of anilines is 2. The number of aryl methyl sites for hydroxylation is 4. The monoisotopic (exact) mass is 949 g/mol. The van der Waals surface area contributed by atoms with E-state index < -0.39 is 17.7 Å². The Hall–Kier alpha value is -6.51. The van der Waals surface area contributed by atoms with Crippen LogP contribution in [0.4, 0.5) is 11.9 Å². The molecule has 20 heteroatoms. The summed E-state index contributed by atoms with van der Waals surface area (Å²) in [5.41, 5.74) is 17.1. The maximum absolute atomic E-state index is 13.9. The zero-order valence-electron chi connectivity index (χ0n) is 39.1. The van der Waals surface area contributed by atoms with Crippen LogP contribution in [0.3, 0.4) is 0 Å². The molecule has 7 rings (SSSR count). The van der Waals surface area contributed by atoms with Crippen LogP contribution in [-0.4, -0.2) is 113 Å². The van der Waals surface area contributed by atoms with Crippen molar-refractivity contribution in [3.8, 4) is 5.75 Å². The molecule has 6 aromatic rings. The molecule has 0 saturated carbocycles. The molecule has 1 aliphatic heterocycles. The van der Waals surface area contributed by atoms with Crippen LogP contribution < -0.4 is 26.8 Å². The summed E-state index contributed by atoms with van der Waals surface area (Å²) in [6.45, 7) is 22.0. The van der Waals surface area contributed by atoms with Gasteiger partial charge in [0.05, 0.1) is 39.6 Å². The third-order valence-electron chi connectivity index (χ3n) is 11.7. The van der Waals surface area contributed by atoms with E-state index in [4.69, 9.17) is 26.2 Å². The fourth-order valence-corrected chi connectivity index (χ4v) is 9.75. The van der Waals surface area contributed by atoms with E-state index in [0.29, 0.717) is 80.8 Å². The molecule has 5 heterocycles. The van der Waals surface area contributed by atoms with Crippen molar-refractivity contribution in [1.82, 2.24) is 43.7 Å². The van der Waals surface area contributed by atoms with Crippen molar-refractivity contribution in [2.75, 3.05) is 56.2 Å². The number of benzene rings is 2. The summed E-state index contributed by atoms with van der Waals surface area (Å²) in [6.07, 6.45) is 7.02. The average molecular weight is 950 g/mol. The third-order valence-corrected chi connectivity index (χ3v) is 13.5. The predicted octanol–water partition coefficient (Wildman–Crippen LogP) is 6.48.